The fraction of sp³-hybridized carbons (Fsp3) is 0.312. The lowest BCUT2D eigenvalue weighted by Gasteiger charge is -2.18. The van der Waals surface area contributed by atoms with E-state index in [1.54, 1.807) is 12.5 Å². The summed E-state index contributed by atoms with van der Waals surface area (Å²) in [5, 5.41) is 11.4. The molecule has 2 aromatic heterocycles. The van der Waals surface area contributed by atoms with E-state index in [9.17, 15) is 0 Å². The fourth-order valence-corrected chi connectivity index (χ4v) is 3.00. The van der Waals surface area contributed by atoms with Gasteiger partial charge >= 0.3 is 0 Å². The van der Waals surface area contributed by atoms with E-state index in [4.69, 9.17) is 0 Å². The first-order chi connectivity index (χ1) is 10.9. The third-order valence-electron chi connectivity index (χ3n) is 4.18. The molecule has 0 amide bonds. The fourth-order valence-electron chi connectivity index (χ4n) is 3.00. The first-order valence-electron chi connectivity index (χ1n) is 7.58. The summed E-state index contributed by atoms with van der Waals surface area (Å²) in [6.07, 6.45) is 6.50. The van der Waals surface area contributed by atoms with Crippen LogP contribution in [0.1, 0.15) is 6.42 Å². The van der Waals surface area contributed by atoms with Crippen molar-refractivity contribution < 1.29 is 0 Å². The van der Waals surface area contributed by atoms with E-state index in [-0.39, 0.29) is 0 Å². The minimum absolute atomic E-state index is 0.616. The molecule has 3 heterocycles. The van der Waals surface area contributed by atoms with E-state index in [0.29, 0.717) is 5.92 Å². The maximum atomic E-state index is 4.37. The van der Waals surface area contributed by atoms with Gasteiger partial charge in [-0.05, 0) is 24.5 Å². The smallest absolute Gasteiger partial charge is 0.203 e. The van der Waals surface area contributed by atoms with E-state index in [2.05, 4.69) is 55.7 Å². The summed E-state index contributed by atoms with van der Waals surface area (Å²) in [4.78, 5) is 6.81. The van der Waals surface area contributed by atoms with E-state index in [0.717, 1.165) is 31.1 Å². The summed E-state index contributed by atoms with van der Waals surface area (Å²) in [6, 6.07) is 10.6. The first-order valence-corrected chi connectivity index (χ1v) is 7.58. The number of para-hydroxylation sites is 1. The van der Waals surface area contributed by atoms with Crippen LogP contribution in [-0.2, 0) is 0 Å². The van der Waals surface area contributed by atoms with Gasteiger partial charge in [-0.15, -0.1) is 10.2 Å². The summed E-state index contributed by atoms with van der Waals surface area (Å²) in [5.41, 5.74) is 2.09. The van der Waals surface area contributed by atoms with Crippen LogP contribution in [-0.4, -0.2) is 39.2 Å². The highest BCUT2D eigenvalue weighted by atomic mass is 15.2. The van der Waals surface area contributed by atoms with Crippen LogP contribution in [0.2, 0.25) is 0 Å². The van der Waals surface area contributed by atoms with Crippen molar-refractivity contribution in [2.24, 2.45) is 5.92 Å². The molecule has 1 unspecified atom stereocenters. The van der Waals surface area contributed by atoms with Crippen LogP contribution in [0.5, 0.6) is 0 Å². The van der Waals surface area contributed by atoms with Crippen molar-refractivity contribution in [3.63, 3.8) is 0 Å². The van der Waals surface area contributed by atoms with Gasteiger partial charge in [0.15, 0.2) is 5.82 Å². The Balaban J connectivity index is 1.40. The van der Waals surface area contributed by atoms with Gasteiger partial charge in [-0.2, -0.15) is 0 Å². The zero-order valence-electron chi connectivity index (χ0n) is 12.3. The van der Waals surface area contributed by atoms with Crippen molar-refractivity contribution in [3.8, 4) is 0 Å². The maximum absolute atomic E-state index is 4.37. The Morgan fingerprint density at radius 3 is 3.05 bits per heavy atom. The van der Waals surface area contributed by atoms with Gasteiger partial charge in [0.05, 0.1) is 0 Å². The zero-order valence-corrected chi connectivity index (χ0v) is 12.3. The number of hydrogen-bond donors (Lipinski definition) is 1. The van der Waals surface area contributed by atoms with Crippen LogP contribution in [0.25, 0.3) is 5.65 Å². The second-order valence-electron chi connectivity index (χ2n) is 5.65. The van der Waals surface area contributed by atoms with Crippen LogP contribution in [0.15, 0.2) is 49.1 Å². The quantitative estimate of drug-likeness (QED) is 0.798. The Kier molecular flexibility index (Phi) is 3.34. The molecular weight excluding hydrogens is 276 g/mol. The number of rotatable bonds is 4. The van der Waals surface area contributed by atoms with Crippen LogP contribution in [0, 0.1) is 5.92 Å². The second kappa shape index (κ2) is 5.63. The van der Waals surface area contributed by atoms with E-state index < -0.39 is 0 Å². The van der Waals surface area contributed by atoms with Gasteiger partial charge in [-0.3, -0.25) is 4.40 Å². The molecular formula is C16H18N6. The number of hydrogen-bond acceptors (Lipinski definition) is 5. The van der Waals surface area contributed by atoms with Gasteiger partial charge in [0.1, 0.15) is 6.33 Å². The molecule has 112 valence electrons. The van der Waals surface area contributed by atoms with Gasteiger partial charge in [0.2, 0.25) is 5.65 Å². The molecule has 1 N–H and O–H groups in total. The van der Waals surface area contributed by atoms with E-state index in [1.807, 2.05) is 10.6 Å². The van der Waals surface area contributed by atoms with Crippen LogP contribution >= 0.6 is 0 Å². The van der Waals surface area contributed by atoms with Crippen molar-refractivity contribution in [1.82, 2.24) is 19.6 Å². The Morgan fingerprint density at radius 2 is 2.14 bits per heavy atom. The SMILES string of the molecule is c1ccc(N2CCC(CNc3nccn4cnnc34)C2)cc1. The molecule has 0 radical (unpaired) electrons. The van der Waals surface area contributed by atoms with Crippen LogP contribution in [0.4, 0.5) is 11.5 Å². The molecule has 1 atom stereocenters. The average Bonchev–Trinajstić information content (AvgIpc) is 3.23. The first kappa shape index (κ1) is 13.1. The van der Waals surface area contributed by atoms with E-state index >= 15 is 0 Å². The lowest BCUT2D eigenvalue weighted by molar-refractivity contribution is 0.621. The molecule has 0 bridgehead atoms. The predicted molar refractivity (Wildman–Crippen MR) is 86.0 cm³/mol. The Labute approximate surface area is 128 Å². The number of anilines is 2. The van der Waals surface area contributed by atoms with Crippen molar-refractivity contribution >= 4 is 17.2 Å². The predicted octanol–water partition coefficient (Wildman–Crippen LogP) is 2.06. The summed E-state index contributed by atoms with van der Waals surface area (Å²) in [7, 11) is 0. The highest BCUT2D eigenvalue weighted by Gasteiger charge is 2.22. The molecule has 4 rings (SSSR count). The standard InChI is InChI=1S/C16H18N6/c1-2-4-14(5-3-1)21-8-6-13(11-21)10-18-15-16-20-19-12-22(16)9-7-17-15/h1-5,7,9,12-13H,6,8,10-11H2,(H,17,18). The topological polar surface area (TPSA) is 58.4 Å². The molecule has 6 heteroatoms. The van der Waals surface area contributed by atoms with E-state index in [1.165, 1.54) is 12.1 Å². The van der Waals surface area contributed by atoms with Gasteiger partial charge in [-0.25, -0.2) is 4.98 Å². The third-order valence-corrected chi connectivity index (χ3v) is 4.18. The molecule has 1 aromatic carbocycles. The molecule has 0 aliphatic carbocycles. The third kappa shape index (κ3) is 2.47. The van der Waals surface area contributed by atoms with Gasteiger partial charge in [-0.1, -0.05) is 18.2 Å². The minimum Gasteiger partial charge on any atom is -0.371 e. The number of nitrogens with one attached hydrogen (secondary N) is 1. The number of aromatic nitrogens is 4. The monoisotopic (exact) mass is 294 g/mol. The highest BCUT2D eigenvalue weighted by Crippen LogP contribution is 2.23. The number of fused-ring (bicyclic) bond motifs is 1. The Hall–Kier alpha value is -2.63. The molecule has 0 spiro atoms. The van der Waals surface area contributed by atoms with Crippen molar-refractivity contribution in [2.45, 2.75) is 6.42 Å². The molecule has 1 fully saturated rings. The average molecular weight is 294 g/mol. The summed E-state index contributed by atoms with van der Waals surface area (Å²) >= 11 is 0. The molecule has 1 aliphatic heterocycles. The lowest BCUT2D eigenvalue weighted by atomic mass is 10.1. The van der Waals surface area contributed by atoms with Crippen molar-refractivity contribution in [2.75, 3.05) is 29.9 Å². The minimum atomic E-state index is 0.616. The van der Waals surface area contributed by atoms with Crippen LogP contribution in [0.3, 0.4) is 0 Å². The van der Waals surface area contributed by atoms with Gasteiger partial charge < -0.3 is 10.2 Å². The molecule has 0 saturated carbocycles. The molecule has 22 heavy (non-hydrogen) atoms. The Bertz CT molecular complexity index is 753. The summed E-state index contributed by atoms with van der Waals surface area (Å²) < 4.78 is 1.88. The molecule has 6 nitrogen and oxygen atoms in total. The number of nitrogens with zero attached hydrogens (tertiary/aromatic N) is 5. The van der Waals surface area contributed by atoms with Crippen molar-refractivity contribution in [1.29, 1.82) is 0 Å². The number of benzene rings is 1. The van der Waals surface area contributed by atoms with Crippen LogP contribution < -0.4 is 10.2 Å². The lowest BCUT2D eigenvalue weighted by Crippen LogP contribution is -2.22. The van der Waals surface area contributed by atoms with Gasteiger partial charge in [0, 0.05) is 37.7 Å². The molecule has 1 saturated heterocycles. The largest absolute Gasteiger partial charge is 0.371 e. The summed E-state index contributed by atoms with van der Waals surface area (Å²) in [5.74, 6) is 1.42. The molecule has 3 aromatic rings. The highest BCUT2D eigenvalue weighted by molar-refractivity contribution is 5.61. The van der Waals surface area contributed by atoms with Gasteiger partial charge in [0.25, 0.3) is 0 Å². The zero-order chi connectivity index (χ0) is 14.8. The maximum Gasteiger partial charge on any atom is 0.203 e. The second-order valence-corrected chi connectivity index (χ2v) is 5.65. The summed E-state index contributed by atoms with van der Waals surface area (Å²) in [6.45, 7) is 3.09. The van der Waals surface area contributed by atoms with Crippen molar-refractivity contribution in [3.05, 3.63) is 49.1 Å². The Morgan fingerprint density at radius 1 is 1.23 bits per heavy atom. The normalized spacial score (nSPS) is 18.0. The molecule has 1 aliphatic rings.